The minimum atomic E-state index is -4.24. The van der Waals surface area contributed by atoms with Crippen LogP contribution in [0.1, 0.15) is 38.3 Å². The van der Waals surface area contributed by atoms with E-state index < -0.39 is 28.5 Å². The average molecular weight is 621 g/mol. The highest BCUT2D eigenvalue weighted by atomic mass is 35.5. The summed E-state index contributed by atoms with van der Waals surface area (Å²) in [5.41, 5.74) is 1.53. The zero-order valence-electron chi connectivity index (χ0n) is 23.6. The number of para-hydroxylation sites is 2. The minimum absolute atomic E-state index is 0.0108. The van der Waals surface area contributed by atoms with E-state index in [1.165, 1.54) is 17.0 Å². The van der Waals surface area contributed by atoms with Gasteiger partial charge in [-0.05, 0) is 63.6 Å². The molecular formula is C30H35Cl2N3O5S. The highest BCUT2D eigenvalue weighted by Crippen LogP contribution is 2.33. The summed E-state index contributed by atoms with van der Waals surface area (Å²) >= 11 is 12.8. The Labute approximate surface area is 252 Å². The topological polar surface area (TPSA) is 96.0 Å². The van der Waals surface area contributed by atoms with Gasteiger partial charge in [0.25, 0.3) is 10.0 Å². The molecule has 3 rings (SSSR count). The molecule has 0 unspecified atom stereocenters. The first-order chi connectivity index (χ1) is 19.5. The number of amides is 2. The number of hydrogen-bond donors (Lipinski definition) is 1. The lowest BCUT2D eigenvalue weighted by atomic mass is 10.1. The van der Waals surface area contributed by atoms with Crippen molar-refractivity contribution in [3.63, 3.8) is 0 Å². The van der Waals surface area contributed by atoms with E-state index in [4.69, 9.17) is 27.9 Å². The fourth-order valence-corrected chi connectivity index (χ4v) is 6.07. The molecule has 2 amide bonds. The lowest BCUT2D eigenvalue weighted by Crippen LogP contribution is -2.51. The molecule has 8 nitrogen and oxygen atoms in total. The molecule has 0 aliphatic heterocycles. The number of aryl methyl sites for hydroxylation is 1. The second-order valence-corrected chi connectivity index (χ2v) is 12.1. The minimum Gasteiger partial charge on any atom is -0.492 e. The number of rotatable bonds is 13. The van der Waals surface area contributed by atoms with Crippen molar-refractivity contribution in [1.82, 2.24) is 10.2 Å². The van der Waals surface area contributed by atoms with Gasteiger partial charge in [-0.15, -0.1) is 0 Å². The fraction of sp³-hybridized carbons (Fsp3) is 0.333. The van der Waals surface area contributed by atoms with Crippen molar-refractivity contribution in [2.75, 3.05) is 24.0 Å². The summed E-state index contributed by atoms with van der Waals surface area (Å²) in [6.45, 7) is 7.14. The summed E-state index contributed by atoms with van der Waals surface area (Å²) in [6, 6.07) is 17.0. The Balaban J connectivity index is 2.11. The number of carbonyl (C=O) groups is 2. The van der Waals surface area contributed by atoms with Crippen LogP contribution in [-0.4, -0.2) is 50.9 Å². The summed E-state index contributed by atoms with van der Waals surface area (Å²) in [7, 11) is -4.24. The molecular weight excluding hydrogens is 585 g/mol. The Morgan fingerprint density at radius 1 is 0.951 bits per heavy atom. The Bertz CT molecular complexity index is 1440. The van der Waals surface area contributed by atoms with E-state index in [9.17, 15) is 18.0 Å². The summed E-state index contributed by atoms with van der Waals surface area (Å²) in [4.78, 5) is 28.4. The van der Waals surface area contributed by atoms with Crippen molar-refractivity contribution in [1.29, 1.82) is 0 Å². The Morgan fingerprint density at radius 3 is 2.20 bits per heavy atom. The predicted molar refractivity (Wildman–Crippen MR) is 163 cm³/mol. The molecule has 0 aromatic heterocycles. The number of halogens is 2. The van der Waals surface area contributed by atoms with Gasteiger partial charge in [0.15, 0.2) is 0 Å². The summed E-state index contributed by atoms with van der Waals surface area (Å²) in [5, 5.41) is 3.45. The monoisotopic (exact) mass is 619 g/mol. The van der Waals surface area contributed by atoms with Gasteiger partial charge in [-0.3, -0.25) is 13.9 Å². The maximum atomic E-state index is 14.1. The van der Waals surface area contributed by atoms with Gasteiger partial charge in [-0.25, -0.2) is 8.42 Å². The van der Waals surface area contributed by atoms with Crippen LogP contribution in [-0.2, 0) is 26.2 Å². The molecule has 0 spiro atoms. The lowest BCUT2D eigenvalue weighted by Gasteiger charge is -2.32. The molecule has 11 heteroatoms. The molecule has 3 aromatic rings. The average Bonchev–Trinajstić information content (AvgIpc) is 2.95. The molecule has 3 aromatic carbocycles. The van der Waals surface area contributed by atoms with E-state index in [1.807, 2.05) is 13.8 Å². The lowest BCUT2D eigenvalue weighted by molar-refractivity contribution is -0.139. The predicted octanol–water partition coefficient (Wildman–Crippen LogP) is 5.84. The number of benzene rings is 3. The van der Waals surface area contributed by atoms with Crippen LogP contribution in [0.3, 0.4) is 0 Å². The van der Waals surface area contributed by atoms with E-state index in [-0.39, 0.29) is 29.6 Å². The molecule has 1 atom stereocenters. The fourth-order valence-electron chi connectivity index (χ4n) is 4.12. The molecule has 41 heavy (non-hydrogen) atoms. The van der Waals surface area contributed by atoms with Gasteiger partial charge >= 0.3 is 0 Å². The van der Waals surface area contributed by atoms with Crippen molar-refractivity contribution in [2.45, 2.75) is 51.6 Å². The highest BCUT2D eigenvalue weighted by Gasteiger charge is 2.34. The zero-order valence-corrected chi connectivity index (χ0v) is 25.9. The Hall–Kier alpha value is -3.27. The smallest absolute Gasteiger partial charge is 0.264 e. The Kier molecular flexibility index (Phi) is 11.5. The van der Waals surface area contributed by atoms with Crippen molar-refractivity contribution in [2.24, 2.45) is 0 Å². The van der Waals surface area contributed by atoms with Crippen molar-refractivity contribution >= 4 is 50.7 Å². The van der Waals surface area contributed by atoms with E-state index in [2.05, 4.69) is 5.32 Å². The van der Waals surface area contributed by atoms with Crippen molar-refractivity contribution < 1.29 is 22.7 Å². The van der Waals surface area contributed by atoms with Crippen molar-refractivity contribution in [3.8, 4) is 5.75 Å². The van der Waals surface area contributed by atoms with Gasteiger partial charge in [-0.1, -0.05) is 66.0 Å². The van der Waals surface area contributed by atoms with Crippen LogP contribution in [0, 0.1) is 6.92 Å². The molecule has 0 fully saturated rings. The van der Waals surface area contributed by atoms with Gasteiger partial charge in [0.1, 0.15) is 18.3 Å². The Morgan fingerprint density at radius 2 is 1.59 bits per heavy atom. The third kappa shape index (κ3) is 7.93. The molecule has 0 bridgehead atoms. The largest absolute Gasteiger partial charge is 0.492 e. The summed E-state index contributed by atoms with van der Waals surface area (Å²) in [6.07, 6.45) is 0.708. The molecule has 0 radical (unpaired) electrons. The second-order valence-electron chi connectivity index (χ2n) is 9.41. The van der Waals surface area contributed by atoms with Crippen LogP contribution < -0.4 is 14.4 Å². The SMILES string of the molecule is CCCNC(=O)[C@@H](C)N(Cc1c(Cl)cccc1Cl)C(=O)CN(c1ccccc1OCC)S(=O)(=O)c1ccc(C)cc1. The third-order valence-electron chi connectivity index (χ3n) is 6.43. The number of hydrogen-bond acceptors (Lipinski definition) is 5. The molecule has 0 aliphatic rings. The number of anilines is 1. The molecule has 1 N–H and O–H groups in total. The van der Waals surface area contributed by atoms with Crippen LogP contribution in [0.25, 0.3) is 0 Å². The van der Waals surface area contributed by atoms with Crippen LogP contribution in [0.5, 0.6) is 5.75 Å². The number of nitrogens with zero attached hydrogens (tertiary/aromatic N) is 2. The number of nitrogens with one attached hydrogen (secondary N) is 1. The molecule has 0 aliphatic carbocycles. The van der Waals surface area contributed by atoms with E-state index in [0.717, 1.165) is 9.87 Å². The van der Waals surface area contributed by atoms with Gasteiger partial charge in [0.2, 0.25) is 11.8 Å². The standard InChI is InChI=1S/C30H35Cl2N3O5S/c1-5-18-33-30(37)22(4)34(19-24-25(31)10-9-11-26(24)32)29(36)20-35(27-12-7-8-13-28(27)40-6-2)41(38,39)23-16-14-21(3)15-17-23/h7-17,22H,5-6,18-20H2,1-4H3,(H,33,37)/t22-/m1/s1. The van der Waals surface area contributed by atoms with Gasteiger partial charge in [-0.2, -0.15) is 0 Å². The van der Waals surface area contributed by atoms with Crippen LogP contribution >= 0.6 is 23.2 Å². The first kappa shape index (κ1) is 32.2. The van der Waals surface area contributed by atoms with Gasteiger partial charge < -0.3 is 15.0 Å². The highest BCUT2D eigenvalue weighted by molar-refractivity contribution is 7.92. The maximum absolute atomic E-state index is 14.1. The first-order valence-corrected chi connectivity index (χ1v) is 15.5. The number of carbonyl (C=O) groups excluding carboxylic acids is 2. The molecule has 0 heterocycles. The van der Waals surface area contributed by atoms with E-state index in [1.54, 1.807) is 68.4 Å². The molecule has 0 saturated carbocycles. The maximum Gasteiger partial charge on any atom is 0.264 e. The summed E-state index contributed by atoms with van der Waals surface area (Å²) < 4.78 is 34.9. The normalized spacial score (nSPS) is 12.0. The van der Waals surface area contributed by atoms with E-state index >= 15 is 0 Å². The second kappa shape index (κ2) is 14.6. The van der Waals surface area contributed by atoms with Crippen LogP contribution in [0.15, 0.2) is 71.6 Å². The molecule has 220 valence electrons. The molecule has 0 saturated heterocycles. The van der Waals surface area contributed by atoms with Gasteiger partial charge in [0, 0.05) is 28.7 Å². The van der Waals surface area contributed by atoms with E-state index in [0.29, 0.717) is 34.3 Å². The first-order valence-electron chi connectivity index (χ1n) is 13.3. The van der Waals surface area contributed by atoms with Crippen LogP contribution in [0.4, 0.5) is 5.69 Å². The van der Waals surface area contributed by atoms with Gasteiger partial charge in [0.05, 0.1) is 17.2 Å². The number of ether oxygens (including phenoxy) is 1. The van der Waals surface area contributed by atoms with Crippen molar-refractivity contribution in [3.05, 3.63) is 87.9 Å². The van der Waals surface area contributed by atoms with Crippen LogP contribution in [0.2, 0.25) is 10.0 Å². The quantitative estimate of drug-likeness (QED) is 0.259. The number of sulfonamides is 1. The zero-order chi connectivity index (χ0) is 30.2. The third-order valence-corrected chi connectivity index (χ3v) is 8.91. The summed E-state index contributed by atoms with van der Waals surface area (Å²) in [5.74, 6) is -0.707.